The molecule has 0 unspecified atom stereocenters. The Balaban J connectivity index is 0. The van der Waals surface area contributed by atoms with Crippen LogP contribution < -0.4 is 0 Å². The van der Waals surface area contributed by atoms with Gasteiger partial charge in [-0.15, -0.1) is 0 Å². The highest BCUT2D eigenvalue weighted by molar-refractivity contribution is 7.86. The van der Waals surface area contributed by atoms with E-state index >= 15 is 0 Å². The second-order valence-corrected chi connectivity index (χ2v) is 4.53. The summed E-state index contributed by atoms with van der Waals surface area (Å²) in [5.74, 6) is 0. The third-order valence-electron chi connectivity index (χ3n) is 1.64. The number of allylic oxidation sites excluding steroid dienone is 1. The van der Waals surface area contributed by atoms with Crippen LogP contribution in [0.3, 0.4) is 0 Å². The third kappa shape index (κ3) is 9.04. The molecule has 7 nitrogen and oxygen atoms in total. The van der Waals surface area contributed by atoms with E-state index in [1.165, 1.54) is 0 Å². The average Bonchev–Trinajstić information content (AvgIpc) is 2.46. The fourth-order valence-electron chi connectivity index (χ4n) is 0.805. The maximum Gasteiger partial charge on any atom is 0.522 e. The van der Waals surface area contributed by atoms with Crippen molar-refractivity contribution in [3.63, 3.8) is 0 Å². The zero-order valence-corrected chi connectivity index (χ0v) is 11.4. The molecule has 0 spiro atoms. The van der Waals surface area contributed by atoms with Gasteiger partial charge in [-0.2, -0.15) is 32.1 Å². The molecule has 1 rings (SSSR count). The summed E-state index contributed by atoms with van der Waals surface area (Å²) in [6, 6.07) is 12.9. The largest absolute Gasteiger partial charge is 0.522 e. The summed E-state index contributed by atoms with van der Waals surface area (Å²) in [7, 11) is -5.84. The highest BCUT2D eigenvalue weighted by Gasteiger charge is 2.44. The van der Waals surface area contributed by atoms with Crippen molar-refractivity contribution in [3.8, 4) is 12.1 Å². The highest BCUT2D eigenvalue weighted by Crippen LogP contribution is 2.20. The lowest BCUT2D eigenvalue weighted by Crippen LogP contribution is -2.21. The molecule has 0 aliphatic rings. The van der Waals surface area contributed by atoms with Gasteiger partial charge in [0.2, 0.25) is 0 Å². The minimum atomic E-state index is -5.84. The molecule has 0 heterocycles. The van der Waals surface area contributed by atoms with E-state index in [9.17, 15) is 13.2 Å². The lowest BCUT2D eigenvalue weighted by atomic mass is 10.1. The zero-order valence-electron chi connectivity index (χ0n) is 10.6. The second-order valence-electron chi connectivity index (χ2n) is 3.11. The SMILES string of the molecule is N#CC(C#N)=Cc1ccccc1.N#N.O=S(=O)(O)C(F)(F)F. The number of hydrogen-bond acceptors (Lipinski definition) is 6. The smallest absolute Gasteiger partial charge is 0.279 e. The topological polar surface area (TPSA) is 150 Å². The lowest BCUT2D eigenvalue weighted by molar-refractivity contribution is -0.0510. The van der Waals surface area contributed by atoms with E-state index in [1.807, 2.05) is 30.3 Å². The average molecular weight is 332 g/mol. The van der Waals surface area contributed by atoms with Crippen LogP contribution in [-0.4, -0.2) is 18.5 Å². The van der Waals surface area contributed by atoms with Crippen molar-refractivity contribution in [2.45, 2.75) is 5.51 Å². The number of nitrogens with zero attached hydrogens (tertiary/aromatic N) is 4. The maximum absolute atomic E-state index is 10.7. The van der Waals surface area contributed by atoms with Gasteiger partial charge in [0.1, 0.15) is 17.7 Å². The van der Waals surface area contributed by atoms with E-state index in [1.54, 1.807) is 18.2 Å². The Kier molecular flexibility index (Phi) is 9.60. The molecular weight excluding hydrogens is 325 g/mol. The summed E-state index contributed by atoms with van der Waals surface area (Å²) in [6.45, 7) is 0. The van der Waals surface area contributed by atoms with E-state index in [0.29, 0.717) is 0 Å². The molecule has 0 aliphatic heterocycles. The van der Waals surface area contributed by atoms with Crippen LogP contribution in [0.1, 0.15) is 5.56 Å². The molecule has 0 amide bonds. The van der Waals surface area contributed by atoms with Gasteiger partial charge in [0.05, 0.1) is 0 Å². The Morgan fingerprint density at radius 2 is 1.45 bits per heavy atom. The third-order valence-corrected chi connectivity index (χ3v) is 2.23. The van der Waals surface area contributed by atoms with Gasteiger partial charge in [0.25, 0.3) is 0 Å². The van der Waals surface area contributed by atoms with Gasteiger partial charge in [-0.25, -0.2) is 0 Å². The van der Waals surface area contributed by atoms with E-state index in [4.69, 9.17) is 34.3 Å². The van der Waals surface area contributed by atoms with Crippen LogP contribution in [0.2, 0.25) is 0 Å². The first-order valence-corrected chi connectivity index (χ1v) is 6.36. The van der Waals surface area contributed by atoms with Crippen LogP contribution in [0.15, 0.2) is 35.9 Å². The molecule has 0 fully saturated rings. The number of halogens is 3. The van der Waals surface area contributed by atoms with E-state index < -0.39 is 15.6 Å². The highest BCUT2D eigenvalue weighted by atomic mass is 32.2. The molecule has 0 saturated heterocycles. The molecule has 1 aromatic carbocycles. The summed E-state index contributed by atoms with van der Waals surface area (Å²) in [5.41, 5.74) is -4.54. The number of alkyl halides is 3. The fraction of sp³-hybridized carbons (Fsp3) is 0.0909. The van der Waals surface area contributed by atoms with Gasteiger partial charge < -0.3 is 0 Å². The van der Waals surface area contributed by atoms with Crippen molar-refractivity contribution in [1.82, 2.24) is 0 Å². The molecule has 11 heteroatoms. The van der Waals surface area contributed by atoms with Gasteiger partial charge in [-0.1, -0.05) is 30.3 Å². The first-order chi connectivity index (χ1) is 10.1. The normalized spacial score (nSPS) is 9.45. The van der Waals surface area contributed by atoms with E-state index in [2.05, 4.69) is 0 Å². The minimum Gasteiger partial charge on any atom is -0.279 e. The number of benzene rings is 1. The fourth-order valence-corrected chi connectivity index (χ4v) is 0.805. The maximum atomic E-state index is 10.7. The van der Waals surface area contributed by atoms with Gasteiger partial charge in [-0.05, 0) is 11.6 Å². The molecule has 1 aromatic rings. The quantitative estimate of drug-likeness (QED) is 0.359. The Labute approximate surface area is 123 Å². The van der Waals surface area contributed by atoms with Gasteiger partial charge in [0.15, 0.2) is 0 Å². The molecule has 0 saturated carbocycles. The standard InChI is InChI=1S/C10H6N2.CHF3O3S.N2/c11-7-10(8-12)6-9-4-2-1-3-5-9;2-1(3,4)8(5,6)7;1-2/h1-6H;(H,5,6,7);. The molecule has 0 bridgehead atoms. The van der Waals surface area contributed by atoms with Crippen LogP contribution >= 0.6 is 0 Å². The molecule has 0 aromatic heterocycles. The Hall–Kier alpha value is -2.94. The van der Waals surface area contributed by atoms with Crippen molar-refractivity contribution in [3.05, 3.63) is 41.5 Å². The summed E-state index contributed by atoms with van der Waals surface area (Å²) in [4.78, 5) is 0. The molecular formula is C11H7F3N4O3S. The first kappa shape index (κ1) is 21.4. The summed E-state index contributed by atoms with van der Waals surface area (Å²) >= 11 is 0. The minimum absolute atomic E-state index is 0.126. The van der Waals surface area contributed by atoms with E-state index in [0.717, 1.165) is 5.56 Å². The van der Waals surface area contributed by atoms with Gasteiger partial charge >= 0.3 is 15.6 Å². The lowest BCUT2D eigenvalue weighted by Gasteiger charge is -1.97. The summed E-state index contributed by atoms with van der Waals surface area (Å²) in [5, 5.41) is 28.9. The van der Waals surface area contributed by atoms with Crippen molar-refractivity contribution in [2.24, 2.45) is 0 Å². The second kappa shape index (κ2) is 9.88. The Bertz CT molecular complexity index is 682. The van der Waals surface area contributed by atoms with E-state index in [-0.39, 0.29) is 5.57 Å². The van der Waals surface area contributed by atoms with Crippen LogP contribution in [0, 0.1) is 33.4 Å². The molecule has 22 heavy (non-hydrogen) atoms. The van der Waals surface area contributed by atoms with Crippen molar-refractivity contribution >= 4 is 16.2 Å². The van der Waals surface area contributed by atoms with Crippen molar-refractivity contribution < 1.29 is 26.1 Å². The van der Waals surface area contributed by atoms with Gasteiger partial charge in [-0.3, -0.25) is 4.55 Å². The molecule has 0 radical (unpaired) electrons. The molecule has 1 N–H and O–H groups in total. The predicted octanol–water partition coefficient (Wildman–Crippen LogP) is 2.54. The molecule has 116 valence electrons. The summed E-state index contributed by atoms with van der Waals surface area (Å²) in [6.07, 6.45) is 1.56. The molecule has 0 atom stereocenters. The number of rotatable bonds is 1. The number of nitriles is 2. The Morgan fingerprint density at radius 3 is 1.73 bits per heavy atom. The Morgan fingerprint density at radius 1 is 1.09 bits per heavy atom. The van der Waals surface area contributed by atoms with Crippen molar-refractivity contribution in [1.29, 1.82) is 21.3 Å². The predicted molar refractivity (Wildman–Crippen MR) is 66.7 cm³/mol. The molecule has 0 aliphatic carbocycles. The zero-order chi connectivity index (χ0) is 17.8. The van der Waals surface area contributed by atoms with Crippen molar-refractivity contribution in [2.75, 3.05) is 0 Å². The summed E-state index contributed by atoms with van der Waals surface area (Å²) < 4.78 is 57.5. The monoisotopic (exact) mass is 332 g/mol. The van der Waals surface area contributed by atoms with Crippen LogP contribution in [0.25, 0.3) is 6.08 Å². The van der Waals surface area contributed by atoms with Crippen LogP contribution in [0.5, 0.6) is 0 Å². The van der Waals surface area contributed by atoms with Crippen LogP contribution in [0.4, 0.5) is 13.2 Å². The number of hydrogen-bond donors (Lipinski definition) is 1. The van der Waals surface area contributed by atoms with Crippen LogP contribution in [-0.2, 0) is 10.1 Å². The van der Waals surface area contributed by atoms with Gasteiger partial charge in [0, 0.05) is 10.8 Å². The first-order valence-electron chi connectivity index (χ1n) is 4.92.